The van der Waals surface area contributed by atoms with Crippen LogP contribution in [0, 0.1) is 5.41 Å². The number of nitrogens with two attached hydrogens (primary N) is 1. The molecule has 0 aliphatic carbocycles. The lowest BCUT2D eigenvalue weighted by Crippen LogP contribution is -2.10. The van der Waals surface area contributed by atoms with Crippen molar-refractivity contribution in [1.29, 1.82) is 5.41 Å². The fourth-order valence-corrected chi connectivity index (χ4v) is 3.75. The molecule has 0 unspecified atom stereocenters. The number of unbranched alkanes of at least 4 members (excludes halogenated alkanes) is 11. The van der Waals surface area contributed by atoms with Crippen molar-refractivity contribution in [2.75, 3.05) is 0 Å². The third kappa shape index (κ3) is 8.98. The maximum Gasteiger partial charge on any atom is 0.311 e. The quantitative estimate of drug-likeness (QED) is 0.108. The highest BCUT2D eigenvalue weighted by Gasteiger charge is 2.06. The number of benzene rings is 2. The molecule has 164 valence electrons. The van der Waals surface area contributed by atoms with Crippen molar-refractivity contribution in [3.8, 4) is 5.75 Å². The van der Waals surface area contributed by atoms with Crippen molar-refractivity contribution in [1.82, 2.24) is 0 Å². The van der Waals surface area contributed by atoms with E-state index in [-0.39, 0.29) is 11.8 Å². The first-order valence-corrected chi connectivity index (χ1v) is 11.7. The number of esters is 1. The molecule has 30 heavy (non-hydrogen) atoms. The number of nitrogen functional groups attached to an aromatic ring is 1. The molecule has 0 spiro atoms. The smallest absolute Gasteiger partial charge is 0.311 e. The van der Waals surface area contributed by atoms with E-state index >= 15 is 0 Å². The Kier molecular flexibility index (Phi) is 11.0. The summed E-state index contributed by atoms with van der Waals surface area (Å²) in [4.78, 5) is 12.1. The molecule has 0 radical (unpaired) electrons. The van der Waals surface area contributed by atoms with Crippen LogP contribution in [0.3, 0.4) is 0 Å². The van der Waals surface area contributed by atoms with Crippen molar-refractivity contribution >= 4 is 22.6 Å². The van der Waals surface area contributed by atoms with Crippen molar-refractivity contribution in [3.05, 3.63) is 42.0 Å². The summed E-state index contributed by atoms with van der Waals surface area (Å²) in [5.74, 6) is 0.457. The second kappa shape index (κ2) is 13.8. The minimum atomic E-state index is -0.165. The molecular weight excluding hydrogens is 372 g/mol. The highest BCUT2D eigenvalue weighted by molar-refractivity contribution is 5.99. The third-order valence-corrected chi connectivity index (χ3v) is 5.59. The van der Waals surface area contributed by atoms with Crippen LogP contribution in [0.5, 0.6) is 5.75 Å². The summed E-state index contributed by atoms with van der Waals surface area (Å²) >= 11 is 0. The Morgan fingerprint density at radius 1 is 0.800 bits per heavy atom. The largest absolute Gasteiger partial charge is 0.427 e. The second-order valence-electron chi connectivity index (χ2n) is 8.25. The van der Waals surface area contributed by atoms with Gasteiger partial charge in [-0.3, -0.25) is 10.2 Å². The van der Waals surface area contributed by atoms with Gasteiger partial charge in [-0.1, -0.05) is 95.8 Å². The SMILES string of the molecule is CCCCCCCCCCCCCCC(=O)Oc1ccc2cc(C(=N)N)ccc2c1. The Hall–Kier alpha value is -2.36. The van der Waals surface area contributed by atoms with Crippen LogP contribution in [0.1, 0.15) is 96.0 Å². The first-order chi connectivity index (χ1) is 14.6. The predicted octanol–water partition coefficient (Wildman–Crippen LogP) is 7.12. The molecule has 2 aromatic carbocycles. The Balaban J connectivity index is 1.57. The van der Waals surface area contributed by atoms with Crippen molar-refractivity contribution in [2.24, 2.45) is 5.73 Å². The van der Waals surface area contributed by atoms with E-state index in [4.69, 9.17) is 15.9 Å². The van der Waals surface area contributed by atoms with Gasteiger partial charge in [0, 0.05) is 12.0 Å². The average molecular weight is 411 g/mol. The zero-order valence-electron chi connectivity index (χ0n) is 18.6. The maximum atomic E-state index is 12.1. The summed E-state index contributed by atoms with van der Waals surface area (Å²) in [5, 5.41) is 9.46. The van der Waals surface area contributed by atoms with Gasteiger partial charge in [-0.25, -0.2) is 0 Å². The Bertz CT molecular complexity index is 801. The third-order valence-electron chi connectivity index (χ3n) is 5.59. The number of nitrogens with one attached hydrogen (secondary N) is 1. The fraction of sp³-hybridized carbons (Fsp3) is 0.538. The molecule has 0 fully saturated rings. The van der Waals surface area contributed by atoms with Gasteiger partial charge in [-0.2, -0.15) is 0 Å². The van der Waals surface area contributed by atoms with Gasteiger partial charge in [-0.05, 0) is 35.4 Å². The summed E-state index contributed by atoms with van der Waals surface area (Å²) in [6.07, 6.45) is 15.9. The molecule has 2 rings (SSSR count). The van der Waals surface area contributed by atoms with Crippen LogP contribution in [0.25, 0.3) is 10.8 Å². The average Bonchev–Trinajstić information content (AvgIpc) is 2.74. The first-order valence-electron chi connectivity index (χ1n) is 11.7. The monoisotopic (exact) mass is 410 g/mol. The van der Waals surface area contributed by atoms with Gasteiger partial charge in [0.05, 0.1) is 0 Å². The van der Waals surface area contributed by atoms with E-state index in [2.05, 4.69) is 6.92 Å². The van der Waals surface area contributed by atoms with Gasteiger partial charge >= 0.3 is 5.97 Å². The van der Waals surface area contributed by atoms with E-state index in [0.717, 1.165) is 23.6 Å². The number of carbonyl (C=O) groups is 1. The predicted molar refractivity (Wildman–Crippen MR) is 126 cm³/mol. The van der Waals surface area contributed by atoms with E-state index in [1.165, 1.54) is 64.2 Å². The number of rotatable bonds is 15. The van der Waals surface area contributed by atoms with Crippen LogP contribution in [-0.4, -0.2) is 11.8 Å². The molecule has 4 nitrogen and oxygen atoms in total. The zero-order valence-corrected chi connectivity index (χ0v) is 18.6. The topological polar surface area (TPSA) is 76.2 Å². The molecule has 0 heterocycles. The molecule has 0 bridgehead atoms. The van der Waals surface area contributed by atoms with Crippen LogP contribution >= 0.6 is 0 Å². The minimum Gasteiger partial charge on any atom is -0.427 e. The molecule has 3 N–H and O–H groups in total. The molecule has 0 saturated heterocycles. The van der Waals surface area contributed by atoms with E-state index in [1.54, 1.807) is 6.07 Å². The van der Waals surface area contributed by atoms with E-state index in [0.29, 0.717) is 17.7 Å². The summed E-state index contributed by atoms with van der Waals surface area (Å²) in [5.41, 5.74) is 6.23. The highest BCUT2D eigenvalue weighted by atomic mass is 16.5. The number of amidine groups is 1. The second-order valence-corrected chi connectivity index (χ2v) is 8.25. The highest BCUT2D eigenvalue weighted by Crippen LogP contribution is 2.22. The van der Waals surface area contributed by atoms with Gasteiger partial charge in [0.25, 0.3) is 0 Å². The van der Waals surface area contributed by atoms with E-state index < -0.39 is 0 Å². The first kappa shape index (κ1) is 23.9. The van der Waals surface area contributed by atoms with Crippen molar-refractivity contribution in [2.45, 2.75) is 90.4 Å². The summed E-state index contributed by atoms with van der Waals surface area (Å²) in [6.45, 7) is 2.26. The number of hydrogen-bond donors (Lipinski definition) is 2. The minimum absolute atomic E-state index is 0.0508. The van der Waals surface area contributed by atoms with E-state index in [1.807, 2.05) is 30.3 Å². The fourth-order valence-electron chi connectivity index (χ4n) is 3.75. The number of carbonyl (C=O) groups excluding carboxylic acids is 1. The maximum absolute atomic E-state index is 12.1. The van der Waals surface area contributed by atoms with Crippen LogP contribution in [0.4, 0.5) is 0 Å². The zero-order chi connectivity index (χ0) is 21.6. The summed E-state index contributed by atoms with van der Waals surface area (Å²) < 4.78 is 5.49. The van der Waals surface area contributed by atoms with Gasteiger partial charge in [-0.15, -0.1) is 0 Å². The van der Waals surface area contributed by atoms with Gasteiger partial charge in [0.2, 0.25) is 0 Å². The molecule has 0 aromatic heterocycles. The van der Waals surface area contributed by atoms with Crippen LogP contribution in [0.15, 0.2) is 36.4 Å². The molecule has 0 amide bonds. The van der Waals surface area contributed by atoms with Crippen LogP contribution < -0.4 is 10.5 Å². The molecule has 0 aliphatic heterocycles. The molecule has 0 atom stereocenters. The van der Waals surface area contributed by atoms with Gasteiger partial charge in [0.15, 0.2) is 0 Å². The molecular formula is C26H38N2O2. The van der Waals surface area contributed by atoms with Gasteiger partial charge < -0.3 is 10.5 Å². The Morgan fingerprint density at radius 2 is 1.33 bits per heavy atom. The van der Waals surface area contributed by atoms with Crippen LogP contribution in [0.2, 0.25) is 0 Å². The standard InChI is InChI=1S/C26H38N2O2/c1-2-3-4-5-6-7-8-9-10-11-12-13-14-25(29)30-24-18-17-21-19-23(26(27)28)16-15-22(21)20-24/h15-20H,2-14H2,1H3,(H3,27,28). The molecule has 2 aromatic rings. The molecule has 0 aliphatic rings. The normalized spacial score (nSPS) is 11.0. The van der Waals surface area contributed by atoms with Crippen molar-refractivity contribution in [3.63, 3.8) is 0 Å². The van der Waals surface area contributed by atoms with Crippen LogP contribution in [-0.2, 0) is 4.79 Å². The lowest BCUT2D eigenvalue weighted by atomic mass is 10.0. The van der Waals surface area contributed by atoms with Gasteiger partial charge in [0.1, 0.15) is 11.6 Å². The number of hydrogen-bond acceptors (Lipinski definition) is 3. The summed E-state index contributed by atoms with van der Waals surface area (Å²) in [6, 6.07) is 11.1. The molecule has 0 saturated carbocycles. The number of fused-ring (bicyclic) bond motifs is 1. The molecule has 4 heteroatoms. The lowest BCUT2D eigenvalue weighted by molar-refractivity contribution is -0.134. The lowest BCUT2D eigenvalue weighted by Gasteiger charge is -2.07. The van der Waals surface area contributed by atoms with Crippen molar-refractivity contribution < 1.29 is 9.53 Å². The Labute approximate surface area is 181 Å². The number of ether oxygens (including phenoxy) is 1. The summed E-state index contributed by atoms with van der Waals surface area (Å²) in [7, 11) is 0. The Morgan fingerprint density at radius 3 is 1.93 bits per heavy atom. The van der Waals surface area contributed by atoms with E-state index in [9.17, 15) is 4.79 Å².